The van der Waals surface area contributed by atoms with Crippen LogP contribution >= 0.6 is 0 Å². The van der Waals surface area contributed by atoms with E-state index in [0.717, 1.165) is 18.1 Å². The van der Waals surface area contributed by atoms with Crippen molar-refractivity contribution in [1.82, 2.24) is 5.32 Å². The molecule has 0 radical (unpaired) electrons. The van der Waals surface area contributed by atoms with E-state index >= 15 is 0 Å². The lowest BCUT2D eigenvalue weighted by molar-refractivity contribution is 0.489. The second-order valence-electron chi connectivity index (χ2n) is 5.83. The van der Waals surface area contributed by atoms with Crippen LogP contribution in [0.2, 0.25) is 0 Å². The van der Waals surface area contributed by atoms with Gasteiger partial charge < -0.3 is 9.73 Å². The largest absolute Gasteiger partial charge is 0.466 e. The van der Waals surface area contributed by atoms with Crippen molar-refractivity contribution in [2.45, 2.75) is 54.1 Å². The van der Waals surface area contributed by atoms with Crippen molar-refractivity contribution >= 4 is 0 Å². The normalized spacial score (nSPS) is 12.7. The molecule has 0 spiro atoms. The van der Waals surface area contributed by atoms with E-state index in [9.17, 15) is 0 Å². The maximum atomic E-state index is 5.61. The van der Waals surface area contributed by atoms with Crippen molar-refractivity contribution in [1.29, 1.82) is 0 Å². The quantitative estimate of drug-likeness (QED) is 0.874. The Kier molecular flexibility index (Phi) is 4.34. The van der Waals surface area contributed by atoms with Crippen LogP contribution in [0.15, 0.2) is 22.6 Å². The third-order valence-corrected chi connectivity index (χ3v) is 4.10. The SMILES string of the molecule is Cc1cc(C(C)NCc2cc(C)c(C)cc2C)c(C)o1. The van der Waals surface area contributed by atoms with Crippen LogP contribution in [0, 0.1) is 34.6 Å². The molecule has 1 atom stereocenters. The van der Waals surface area contributed by atoms with E-state index in [1.165, 1.54) is 27.8 Å². The Morgan fingerprint density at radius 1 is 0.950 bits per heavy atom. The van der Waals surface area contributed by atoms with Crippen LogP contribution < -0.4 is 5.32 Å². The first-order valence-corrected chi connectivity index (χ1v) is 7.25. The monoisotopic (exact) mass is 271 g/mol. The number of nitrogens with one attached hydrogen (secondary N) is 1. The summed E-state index contributed by atoms with van der Waals surface area (Å²) in [6, 6.07) is 6.98. The van der Waals surface area contributed by atoms with E-state index in [1.807, 2.05) is 13.8 Å². The highest BCUT2D eigenvalue weighted by Gasteiger charge is 2.12. The highest BCUT2D eigenvalue weighted by molar-refractivity contribution is 5.36. The Balaban J connectivity index is 2.09. The lowest BCUT2D eigenvalue weighted by Crippen LogP contribution is -2.19. The molecule has 1 heterocycles. The summed E-state index contributed by atoms with van der Waals surface area (Å²) in [6.07, 6.45) is 0. The van der Waals surface area contributed by atoms with Gasteiger partial charge in [0.15, 0.2) is 0 Å². The maximum absolute atomic E-state index is 5.61. The lowest BCUT2D eigenvalue weighted by Gasteiger charge is -2.15. The first-order chi connectivity index (χ1) is 9.38. The zero-order valence-corrected chi connectivity index (χ0v) is 13.4. The predicted molar refractivity (Wildman–Crippen MR) is 84.1 cm³/mol. The summed E-state index contributed by atoms with van der Waals surface area (Å²) in [7, 11) is 0. The summed E-state index contributed by atoms with van der Waals surface area (Å²) in [5, 5.41) is 3.60. The first kappa shape index (κ1) is 14.9. The summed E-state index contributed by atoms with van der Waals surface area (Å²) < 4.78 is 5.61. The van der Waals surface area contributed by atoms with Crippen molar-refractivity contribution in [2.24, 2.45) is 0 Å². The summed E-state index contributed by atoms with van der Waals surface area (Å²) in [5.74, 6) is 1.99. The topological polar surface area (TPSA) is 25.2 Å². The minimum absolute atomic E-state index is 0.299. The molecule has 1 unspecified atom stereocenters. The summed E-state index contributed by atoms with van der Waals surface area (Å²) >= 11 is 0. The second kappa shape index (κ2) is 5.84. The third kappa shape index (κ3) is 3.13. The molecule has 1 N–H and O–H groups in total. The fourth-order valence-corrected chi connectivity index (χ4v) is 2.66. The Morgan fingerprint density at radius 3 is 2.20 bits per heavy atom. The standard InChI is InChI=1S/C18H25NO/c1-11-7-13(3)17(8-12(11)2)10-19-15(5)18-9-14(4)20-16(18)6/h7-9,15,19H,10H2,1-6H3. The van der Waals surface area contributed by atoms with Gasteiger partial charge in [-0.3, -0.25) is 0 Å². The molecular weight excluding hydrogens is 246 g/mol. The van der Waals surface area contributed by atoms with E-state index in [0.29, 0.717) is 6.04 Å². The van der Waals surface area contributed by atoms with Gasteiger partial charge >= 0.3 is 0 Å². The Morgan fingerprint density at radius 2 is 1.60 bits per heavy atom. The van der Waals surface area contributed by atoms with Gasteiger partial charge in [-0.15, -0.1) is 0 Å². The highest BCUT2D eigenvalue weighted by atomic mass is 16.3. The molecule has 0 bridgehead atoms. The van der Waals surface area contributed by atoms with Crippen LogP contribution in [0.1, 0.15) is 52.3 Å². The molecule has 0 aliphatic rings. The molecule has 0 fully saturated rings. The summed E-state index contributed by atoms with van der Waals surface area (Å²) in [5.41, 5.74) is 6.70. The molecule has 0 saturated heterocycles. The Hall–Kier alpha value is -1.54. The fourth-order valence-electron chi connectivity index (χ4n) is 2.66. The second-order valence-corrected chi connectivity index (χ2v) is 5.83. The molecule has 108 valence electrons. The van der Waals surface area contributed by atoms with Gasteiger partial charge in [-0.1, -0.05) is 12.1 Å². The van der Waals surface area contributed by atoms with Gasteiger partial charge in [0.2, 0.25) is 0 Å². The molecule has 0 saturated carbocycles. The van der Waals surface area contributed by atoms with Gasteiger partial charge in [0, 0.05) is 18.2 Å². The van der Waals surface area contributed by atoms with E-state index in [1.54, 1.807) is 0 Å². The van der Waals surface area contributed by atoms with E-state index in [2.05, 4.69) is 51.2 Å². The fraction of sp³-hybridized carbons (Fsp3) is 0.444. The van der Waals surface area contributed by atoms with Crippen LogP contribution in [0.3, 0.4) is 0 Å². The van der Waals surface area contributed by atoms with E-state index < -0.39 is 0 Å². The third-order valence-electron chi connectivity index (χ3n) is 4.10. The van der Waals surface area contributed by atoms with Gasteiger partial charge in [0.05, 0.1) is 0 Å². The molecule has 1 aromatic heterocycles. The Bertz CT molecular complexity index is 610. The van der Waals surface area contributed by atoms with Gasteiger partial charge in [0.25, 0.3) is 0 Å². The van der Waals surface area contributed by atoms with E-state index in [4.69, 9.17) is 4.42 Å². The highest BCUT2D eigenvalue weighted by Crippen LogP contribution is 2.22. The van der Waals surface area contributed by atoms with Crippen molar-refractivity contribution in [3.05, 3.63) is 57.5 Å². The molecule has 0 aliphatic carbocycles. The van der Waals surface area contributed by atoms with Crippen molar-refractivity contribution in [3.63, 3.8) is 0 Å². The molecule has 2 nitrogen and oxygen atoms in total. The number of benzene rings is 1. The number of aryl methyl sites for hydroxylation is 5. The number of hydrogen-bond acceptors (Lipinski definition) is 2. The van der Waals surface area contributed by atoms with Gasteiger partial charge in [-0.25, -0.2) is 0 Å². The van der Waals surface area contributed by atoms with Gasteiger partial charge in [-0.05, 0) is 69.9 Å². The molecular formula is C18H25NO. The van der Waals surface area contributed by atoms with Gasteiger partial charge in [-0.2, -0.15) is 0 Å². The van der Waals surface area contributed by atoms with Crippen LogP contribution in [0.25, 0.3) is 0 Å². The van der Waals surface area contributed by atoms with Crippen LogP contribution in [-0.4, -0.2) is 0 Å². The summed E-state index contributed by atoms with van der Waals surface area (Å²) in [4.78, 5) is 0. The van der Waals surface area contributed by atoms with Crippen LogP contribution in [-0.2, 0) is 6.54 Å². The minimum atomic E-state index is 0.299. The molecule has 2 aromatic rings. The molecule has 0 aliphatic heterocycles. The average Bonchev–Trinajstić information content (AvgIpc) is 2.71. The smallest absolute Gasteiger partial charge is 0.105 e. The summed E-state index contributed by atoms with van der Waals surface area (Å²) in [6.45, 7) is 13.6. The number of furan rings is 1. The molecule has 2 rings (SSSR count). The number of rotatable bonds is 4. The van der Waals surface area contributed by atoms with Crippen molar-refractivity contribution in [2.75, 3.05) is 0 Å². The minimum Gasteiger partial charge on any atom is -0.466 e. The lowest BCUT2D eigenvalue weighted by atomic mass is 10.0. The predicted octanol–water partition coefficient (Wildman–Crippen LogP) is 4.67. The molecule has 20 heavy (non-hydrogen) atoms. The van der Waals surface area contributed by atoms with Crippen LogP contribution in [0.5, 0.6) is 0 Å². The van der Waals surface area contributed by atoms with Crippen LogP contribution in [0.4, 0.5) is 0 Å². The average molecular weight is 271 g/mol. The molecule has 0 amide bonds. The van der Waals surface area contributed by atoms with Gasteiger partial charge in [0.1, 0.15) is 11.5 Å². The zero-order chi connectivity index (χ0) is 14.9. The molecule has 1 aromatic carbocycles. The first-order valence-electron chi connectivity index (χ1n) is 7.25. The number of hydrogen-bond donors (Lipinski definition) is 1. The Labute approximate surface area is 122 Å². The zero-order valence-electron chi connectivity index (χ0n) is 13.4. The molecule has 2 heteroatoms. The van der Waals surface area contributed by atoms with Crippen molar-refractivity contribution in [3.8, 4) is 0 Å². The maximum Gasteiger partial charge on any atom is 0.105 e. The van der Waals surface area contributed by atoms with E-state index in [-0.39, 0.29) is 0 Å². The van der Waals surface area contributed by atoms with Crippen molar-refractivity contribution < 1.29 is 4.42 Å².